The van der Waals surface area contributed by atoms with E-state index in [2.05, 4.69) is 5.32 Å². The Morgan fingerprint density at radius 1 is 1.03 bits per heavy atom. The molecule has 164 valence electrons. The molecule has 1 unspecified atom stereocenters. The molecule has 0 radical (unpaired) electrons. The van der Waals surface area contributed by atoms with Crippen molar-refractivity contribution >= 4 is 29.2 Å². The van der Waals surface area contributed by atoms with Crippen molar-refractivity contribution in [3.8, 4) is 0 Å². The van der Waals surface area contributed by atoms with Gasteiger partial charge in [-0.2, -0.15) is 0 Å². The summed E-state index contributed by atoms with van der Waals surface area (Å²) in [7, 11) is 0. The van der Waals surface area contributed by atoms with E-state index in [0.29, 0.717) is 17.8 Å². The van der Waals surface area contributed by atoms with Crippen LogP contribution in [0.25, 0.3) is 0 Å². The summed E-state index contributed by atoms with van der Waals surface area (Å²) in [4.78, 5) is 39.0. The lowest BCUT2D eigenvalue weighted by atomic mass is 10.0. The molecule has 6 heteroatoms. The number of anilines is 2. The van der Waals surface area contributed by atoms with Gasteiger partial charge in [-0.25, -0.2) is 0 Å². The van der Waals surface area contributed by atoms with Crippen molar-refractivity contribution in [2.24, 2.45) is 5.92 Å². The lowest BCUT2D eigenvalue weighted by Crippen LogP contribution is -2.27. The van der Waals surface area contributed by atoms with Gasteiger partial charge in [-0.15, -0.1) is 0 Å². The van der Waals surface area contributed by atoms with E-state index in [-0.39, 0.29) is 23.7 Å². The lowest BCUT2D eigenvalue weighted by molar-refractivity contribution is -0.156. The fraction of sp³-hybridized carbons (Fsp3) is 0.400. The zero-order valence-electron chi connectivity index (χ0n) is 19.0. The number of esters is 1. The number of nitrogens with one attached hydrogen (secondary N) is 1. The van der Waals surface area contributed by atoms with Crippen molar-refractivity contribution in [1.29, 1.82) is 0 Å². The van der Waals surface area contributed by atoms with E-state index >= 15 is 0 Å². The smallest absolute Gasteiger partial charge is 0.313 e. The van der Waals surface area contributed by atoms with Crippen LogP contribution in [-0.4, -0.2) is 23.4 Å². The summed E-state index contributed by atoms with van der Waals surface area (Å²) in [5, 5.41) is 2.84. The highest BCUT2D eigenvalue weighted by molar-refractivity contribution is 6.11. The number of carbonyl (C=O) groups excluding carboxylic acids is 3. The van der Waals surface area contributed by atoms with Gasteiger partial charge >= 0.3 is 5.97 Å². The average molecular weight is 423 g/mol. The molecule has 1 aliphatic rings. The fourth-order valence-electron chi connectivity index (χ4n) is 3.34. The molecule has 2 amide bonds. The highest BCUT2D eigenvalue weighted by Gasteiger charge is 2.29. The van der Waals surface area contributed by atoms with Crippen LogP contribution >= 0.6 is 0 Å². The van der Waals surface area contributed by atoms with E-state index in [1.165, 1.54) is 0 Å². The van der Waals surface area contributed by atoms with E-state index in [4.69, 9.17) is 4.74 Å². The van der Waals surface area contributed by atoms with Crippen molar-refractivity contribution < 1.29 is 19.1 Å². The highest BCUT2D eigenvalue weighted by Crippen LogP contribution is 2.31. The number of carbonyl (C=O) groups is 3. The van der Waals surface area contributed by atoms with E-state index < -0.39 is 11.5 Å². The van der Waals surface area contributed by atoms with Crippen LogP contribution in [0.15, 0.2) is 42.5 Å². The van der Waals surface area contributed by atoms with Gasteiger partial charge in [0.1, 0.15) is 5.60 Å². The lowest BCUT2D eigenvalue weighted by Gasteiger charge is -2.23. The number of hydrogen-bond donors (Lipinski definition) is 1. The Balaban J connectivity index is 1.74. The maximum absolute atomic E-state index is 13.0. The Hall–Kier alpha value is -3.15. The molecule has 0 aromatic heterocycles. The summed E-state index contributed by atoms with van der Waals surface area (Å²) in [6.45, 7) is 11.5. The molecule has 1 aliphatic heterocycles. The molecule has 1 N–H and O–H groups in total. The summed E-state index contributed by atoms with van der Waals surface area (Å²) < 4.78 is 5.46. The zero-order valence-corrected chi connectivity index (χ0v) is 19.0. The van der Waals surface area contributed by atoms with E-state index in [1.807, 2.05) is 77.9 Å². The topological polar surface area (TPSA) is 75.7 Å². The molecule has 0 bridgehead atoms. The second-order valence-electron chi connectivity index (χ2n) is 9.25. The minimum Gasteiger partial charge on any atom is -0.460 e. The number of benzene rings is 2. The molecular formula is C25H30N2O4. The predicted octanol–water partition coefficient (Wildman–Crippen LogP) is 4.89. The molecule has 1 heterocycles. The molecular weight excluding hydrogens is 392 g/mol. The monoisotopic (exact) mass is 422 g/mol. The second kappa shape index (κ2) is 8.53. The van der Waals surface area contributed by atoms with Gasteiger partial charge in [0, 0.05) is 22.9 Å². The van der Waals surface area contributed by atoms with Gasteiger partial charge in [-0.1, -0.05) is 32.0 Å². The normalized spacial score (nSPS) is 14.4. The first kappa shape index (κ1) is 22.5. The molecule has 31 heavy (non-hydrogen) atoms. The van der Waals surface area contributed by atoms with Gasteiger partial charge in [0.05, 0.1) is 12.5 Å². The number of rotatable bonds is 5. The van der Waals surface area contributed by atoms with Crippen LogP contribution in [0, 0.1) is 5.92 Å². The van der Waals surface area contributed by atoms with Crippen molar-refractivity contribution in [3.63, 3.8) is 0 Å². The Bertz CT molecular complexity index is 1000. The molecule has 0 spiro atoms. The van der Waals surface area contributed by atoms with Crippen molar-refractivity contribution in [1.82, 2.24) is 0 Å². The molecule has 0 fully saturated rings. The molecule has 0 saturated heterocycles. The van der Waals surface area contributed by atoms with Crippen LogP contribution in [-0.2, 0) is 20.9 Å². The number of nitrogens with zero attached hydrogens (tertiary/aromatic N) is 1. The molecule has 6 nitrogen and oxygen atoms in total. The summed E-state index contributed by atoms with van der Waals surface area (Å²) in [5.41, 5.74) is 3.18. The molecule has 0 saturated carbocycles. The van der Waals surface area contributed by atoms with Crippen LogP contribution in [0.4, 0.5) is 11.4 Å². The first-order valence-corrected chi connectivity index (χ1v) is 10.5. The molecule has 0 aliphatic carbocycles. The quantitative estimate of drug-likeness (QED) is 0.697. The summed E-state index contributed by atoms with van der Waals surface area (Å²) in [5.74, 6) is -1.00. The minimum atomic E-state index is -0.535. The number of hydrogen-bond acceptors (Lipinski definition) is 4. The number of fused-ring (bicyclic) bond motifs is 1. The Kier molecular flexibility index (Phi) is 6.20. The van der Waals surface area contributed by atoms with Gasteiger partial charge in [-0.05, 0) is 63.1 Å². The number of ether oxygens (including phenoxy) is 1. The average Bonchev–Trinajstić information content (AvgIpc) is 3.02. The molecule has 3 rings (SSSR count). The standard InChI is InChI=1S/C25H30N2O4/c1-15(2)22(28)26-19-10-7-18-14-27(23(29)21(18)13-19)20-11-8-17(9-12-20)16(3)24(30)31-25(4,5)6/h7-13,15-16H,14H2,1-6H3,(H,26,28). The number of amides is 2. The van der Waals surface area contributed by atoms with Crippen LogP contribution in [0.2, 0.25) is 0 Å². The first-order chi connectivity index (χ1) is 14.5. The molecule has 2 aromatic carbocycles. The van der Waals surface area contributed by atoms with Gasteiger partial charge in [0.25, 0.3) is 5.91 Å². The van der Waals surface area contributed by atoms with Gasteiger partial charge in [-0.3, -0.25) is 14.4 Å². The summed E-state index contributed by atoms with van der Waals surface area (Å²) in [6, 6.07) is 12.8. The SMILES string of the molecule is CC(C)C(=O)Nc1ccc2c(c1)C(=O)N(c1ccc(C(C)C(=O)OC(C)(C)C)cc1)C2. The summed E-state index contributed by atoms with van der Waals surface area (Å²) >= 11 is 0. The van der Waals surface area contributed by atoms with Crippen LogP contribution in [0.1, 0.15) is 68.9 Å². The maximum Gasteiger partial charge on any atom is 0.313 e. The van der Waals surface area contributed by atoms with Crippen molar-refractivity contribution in [2.45, 2.75) is 59.6 Å². The highest BCUT2D eigenvalue weighted by atomic mass is 16.6. The second-order valence-corrected chi connectivity index (χ2v) is 9.25. The molecule has 2 aromatic rings. The first-order valence-electron chi connectivity index (χ1n) is 10.5. The van der Waals surface area contributed by atoms with Crippen LogP contribution < -0.4 is 10.2 Å². The van der Waals surface area contributed by atoms with Gasteiger partial charge < -0.3 is 15.0 Å². The Labute approximate surface area is 183 Å². The Morgan fingerprint density at radius 2 is 1.68 bits per heavy atom. The maximum atomic E-state index is 13.0. The molecule has 1 atom stereocenters. The third-order valence-corrected chi connectivity index (χ3v) is 5.17. The largest absolute Gasteiger partial charge is 0.460 e. The zero-order chi connectivity index (χ0) is 22.9. The van der Waals surface area contributed by atoms with E-state index in [0.717, 1.165) is 16.8 Å². The van der Waals surface area contributed by atoms with E-state index in [1.54, 1.807) is 11.0 Å². The fourth-order valence-corrected chi connectivity index (χ4v) is 3.34. The third kappa shape index (κ3) is 5.13. The van der Waals surface area contributed by atoms with Crippen LogP contribution in [0.3, 0.4) is 0 Å². The van der Waals surface area contributed by atoms with Crippen LogP contribution in [0.5, 0.6) is 0 Å². The predicted molar refractivity (Wildman–Crippen MR) is 121 cm³/mol. The summed E-state index contributed by atoms with van der Waals surface area (Å²) in [6.07, 6.45) is 0. The van der Waals surface area contributed by atoms with E-state index in [9.17, 15) is 14.4 Å². The van der Waals surface area contributed by atoms with Crippen molar-refractivity contribution in [3.05, 3.63) is 59.2 Å². The minimum absolute atomic E-state index is 0.0862. The third-order valence-electron chi connectivity index (χ3n) is 5.17. The Morgan fingerprint density at radius 3 is 2.26 bits per heavy atom. The van der Waals surface area contributed by atoms with Gasteiger partial charge in [0.15, 0.2) is 0 Å². The van der Waals surface area contributed by atoms with Crippen molar-refractivity contribution in [2.75, 3.05) is 10.2 Å². The van der Waals surface area contributed by atoms with Gasteiger partial charge in [0.2, 0.25) is 5.91 Å².